The number of hydrogen-bond donors (Lipinski definition) is 1. The maximum atomic E-state index is 10.1. The molecule has 4 nitrogen and oxygen atoms in total. The highest BCUT2D eigenvalue weighted by Crippen LogP contribution is 2.18. The molecule has 0 spiro atoms. The smallest absolute Gasteiger partial charge is 0.124 e. The molecular formula is C18H23NO3. The van der Waals surface area contributed by atoms with Gasteiger partial charge < -0.3 is 19.5 Å². The third-order valence-corrected chi connectivity index (χ3v) is 3.44. The first-order chi connectivity index (χ1) is 10.7. The van der Waals surface area contributed by atoms with Crippen molar-refractivity contribution < 1.29 is 14.6 Å². The monoisotopic (exact) mass is 301 g/mol. The van der Waals surface area contributed by atoms with Crippen molar-refractivity contribution in [3.63, 3.8) is 0 Å². The minimum absolute atomic E-state index is 0.287. The highest BCUT2D eigenvalue weighted by atomic mass is 16.5. The molecule has 118 valence electrons. The SMILES string of the molecule is COc1ccccc1COCC(O)CN(C)c1ccccc1. The number of benzene rings is 2. The van der Waals surface area contributed by atoms with E-state index in [0.717, 1.165) is 17.0 Å². The maximum Gasteiger partial charge on any atom is 0.124 e. The van der Waals surface area contributed by atoms with Crippen molar-refractivity contribution in [3.05, 3.63) is 60.2 Å². The highest BCUT2D eigenvalue weighted by molar-refractivity contribution is 5.45. The Morgan fingerprint density at radius 3 is 2.45 bits per heavy atom. The zero-order valence-corrected chi connectivity index (χ0v) is 13.1. The number of nitrogens with zero attached hydrogens (tertiary/aromatic N) is 1. The molecule has 1 unspecified atom stereocenters. The second-order valence-electron chi connectivity index (χ2n) is 5.20. The Hall–Kier alpha value is -2.04. The molecule has 0 aromatic heterocycles. The van der Waals surface area contributed by atoms with Crippen molar-refractivity contribution in [2.45, 2.75) is 12.7 Å². The summed E-state index contributed by atoms with van der Waals surface area (Å²) in [7, 11) is 3.60. The highest BCUT2D eigenvalue weighted by Gasteiger charge is 2.10. The molecule has 0 amide bonds. The number of anilines is 1. The van der Waals surface area contributed by atoms with Gasteiger partial charge in [0.2, 0.25) is 0 Å². The van der Waals surface area contributed by atoms with Crippen LogP contribution < -0.4 is 9.64 Å². The van der Waals surface area contributed by atoms with Crippen LogP contribution in [0.25, 0.3) is 0 Å². The fourth-order valence-corrected chi connectivity index (χ4v) is 2.28. The molecule has 1 atom stereocenters. The summed E-state index contributed by atoms with van der Waals surface area (Å²) in [6, 6.07) is 17.7. The van der Waals surface area contributed by atoms with Gasteiger partial charge in [-0.1, -0.05) is 36.4 Å². The first-order valence-electron chi connectivity index (χ1n) is 7.34. The molecule has 0 radical (unpaired) electrons. The largest absolute Gasteiger partial charge is 0.496 e. The van der Waals surface area contributed by atoms with Gasteiger partial charge in [0.05, 0.1) is 26.4 Å². The molecule has 0 aliphatic heterocycles. The number of rotatable bonds is 8. The summed E-state index contributed by atoms with van der Waals surface area (Å²) in [6.45, 7) is 1.24. The van der Waals surface area contributed by atoms with Crippen LogP contribution >= 0.6 is 0 Å². The number of likely N-dealkylation sites (N-methyl/N-ethyl adjacent to an activating group) is 1. The van der Waals surface area contributed by atoms with Crippen LogP contribution in [0.5, 0.6) is 5.75 Å². The normalized spacial score (nSPS) is 12.0. The summed E-state index contributed by atoms with van der Waals surface area (Å²) in [5, 5.41) is 10.1. The molecule has 2 aromatic rings. The van der Waals surface area contributed by atoms with Gasteiger partial charge in [0.1, 0.15) is 5.75 Å². The lowest BCUT2D eigenvalue weighted by atomic mass is 10.2. The van der Waals surface area contributed by atoms with Gasteiger partial charge in [-0.15, -0.1) is 0 Å². The van der Waals surface area contributed by atoms with Crippen LogP contribution in [0.4, 0.5) is 5.69 Å². The number of para-hydroxylation sites is 2. The van der Waals surface area contributed by atoms with E-state index in [1.165, 1.54) is 0 Å². The van der Waals surface area contributed by atoms with Gasteiger partial charge in [-0.3, -0.25) is 0 Å². The molecule has 0 saturated heterocycles. The Labute approximate surface area is 131 Å². The maximum absolute atomic E-state index is 10.1. The van der Waals surface area contributed by atoms with Gasteiger partial charge in [-0.2, -0.15) is 0 Å². The summed E-state index contributed by atoms with van der Waals surface area (Å²) in [5.74, 6) is 0.804. The van der Waals surface area contributed by atoms with Gasteiger partial charge in [-0.05, 0) is 18.2 Å². The quantitative estimate of drug-likeness (QED) is 0.814. The number of hydrogen-bond acceptors (Lipinski definition) is 4. The van der Waals surface area contributed by atoms with Crippen LogP contribution in [0.3, 0.4) is 0 Å². The van der Waals surface area contributed by atoms with Crippen LogP contribution in [-0.4, -0.2) is 38.5 Å². The van der Waals surface area contributed by atoms with E-state index < -0.39 is 6.10 Å². The van der Waals surface area contributed by atoms with E-state index in [0.29, 0.717) is 13.2 Å². The molecule has 0 heterocycles. The fourth-order valence-electron chi connectivity index (χ4n) is 2.28. The van der Waals surface area contributed by atoms with Crippen molar-refractivity contribution in [2.75, 3.05) is 32.2 Å². The van der Waals surface area contributed by atoms with E-state index in [1.54, 1.807) is 7.11 Å². The lowest BCUT2D eigenvalue weighted by Gasteiger charge is -2.22. The minimum Gasteiger partial charge on any atom is -0.496 e. The van der Waals surface area contributed by atoms with E-state index >= 15 is 0 Å². The second kappa shape index (κ2) is 8.41. The molecule has 22 heavy (non-hydrogen) atoms. The summed E-state index contributed by atoms with van der Waals surface area (Å²) < 4.78 is 10.9. The van der Waals surface area contributed by atoms with Crippen molar-refractivity contribution in [1.29, 1.82) is 0 Å². The van der Waals surface area contributed by atoms with Crippen LogP contribution in [-0.2, 0) is 11.3 Å². The van der Waals surface area contributed by atoms with E-state index in [9.17, 15) is 5.11 Å². The Morgan fingerprint density at radius 1 is 1.05 bits per heavy atom. The summed E-state index contributed by atoms with van der Waals surface area (Å²) in [5.41, 5.74) is 2.06. The molecule has 0 fully saturated rings. The fraction of sp³-hybridized carbons (Fsp3) is 0.333. The van der Waals surface area contributed by atoms with Crippen molar-refractivity contribution >= 4 is 5.69 Å². The summed E-state index contributed by atoms with van der Waals surface area (Å²) in [4.78, 5) is 2.01. The second-order valence-corrected chi connectivity index (χ2v) is 5.20. The van der Waals surface area contributed by atoms with Gasteiger partial charge in [0.25, 0.3) is 0 Å². The minimum atomic E-state index is -0.542. The standard InChI is InChI=1S/C18H23NO3/c1-19(16-9-4-3-5-10-16)12-17(20)14-22-13-15-8-6-7-11-18(15)21-2/h3-11,17,20H,12-14H2,1-2H3. The summed E-state index contributed by atoms with van der Waals surface area (Å²) in [6.07, 6.45) is -0.542. The number of aliphatic hydroxyl groups excluding tert-OH is 1. The predicted molar refractivity (Wildman–Crippen MR) is 88.4 cm³/mol. The molecule has 2 aromatic carbocycles. The Bertz CT molecular complexity index is 559. The lowest BCUT2D eigenvalue weighted by molar-refractivity contribution is 0.0317. The van der Waals surface area contributed by atoms with Crippen molar-refractivity contribution in [2.24, 2.45) is 0 Å². The van der Waals surface area contributed by atoms with E-state index in [1.807, 2.05) is 66.5 Å². The van der Waals surface area contributed by atoms with Crippen LogP contribution in [0.15, 0.2) is 54.6 Å². The first kappa shape index (κ1) is 16.3. The Balaban J connectivity index is 1.77. The van der Waals surface area contributed by atoms with Gasteiger partial charge >= 0.3 is 0 Å². The topological polar surface area (TPSA) is 41.9 Å². The van der Waals surface area contributed by atoms with Gasteiger partial charge in [-0.25, -0.2) is 0 Å². The first-order valence-corrected chi connectivity index (χ1v) is 7.34. The zero-order chi connectivity index (χ0) is 15.8. The Kier molecular flexibility index (Phi) is 6.25. The molecule has 4 heteroatoms. The van der Waals surface area contributed by atoms with Crippen LogP contribution in [0.1, 0.15) is 5.56 Å². The van der Waals surface area contributed by atoms with E-state index in [4.69, 9.17) is 9.47 Å². The Morgan fingerprint density at radius 2 is 1.73 bits per heavy atom. The van der Waals surface area contributed by atoms with Gasteiger partial charge in [0, 0.05) is 24.8 Å². The molecular weight excluding hydrogens is 278 g/mol. The molecule has 0 aliphatic carbocycles. The molecule has 1 N–H and O–H groups in total. The summed E-state index contributed by atoms with van der Waals surface area (Å²) >= 11 is 0. The van der Waals surface area contributed by atoms with Crippen LogP contribution in [0, 0.1) is 0 Å². The molecule has 0 saturated carbocycles. The van der Waals surface area contributed by atoms with E-state index in [-0.39, 0.29) is 6.61 Å². The lowest BCUT2D eigenvalue weighted by Crippen LogP contribution is -2.32. The number of aliphatic hydroxyl groups is 1. The average Bonchev–Trinajstić information content (AvgIpc) is 2.56. The molecule has 0 aliphatic rings. The third kappa shape index (κ3) is 4.76. The van der Waals surface area contributed by atoms with Crippen LogP contribution in [0.2, 0.25) is 0 Å². The van der Waals surface area contributed by atoms with E-state index in [2.05, 4.69) is 0 Å². The van der Waals surface area contributed by atoms with Crippen molar-refractivity contribution in [3.8, 4) is 5.75 Å². The predicted octanol–water partition coefficient (Wildman–Crippen LogP) is 2.71. The molecule has 2 rings (SSSR count). The molecule has 0 bridgehead atoms. The van der Waals surface area contributed by atoms with Gasteiger partial charge in [0.15, 0.2) is 0 Å². The van der Waals surface area contributed by atoms with Crippen molar-refractivity contribution in [1.82, 2.24) is 0 Å². The number of ether oxygens (including phenoxy) is 2. The number of methoxy groups -OCH3 is 1. The zero-order valence-electron chi connectivity index (χ0n) is 13.1. The average molecular weight is 301 g/mol. The third-order valence-electron chi connectivity index (χ3n) is 3.44.